The fourth-order valence-corrected chi connectivity index (χ4v) is 6.03. The smallest absolute Gasteiger partial charge is 0.258 e. The van der Waals surface area contributed by atoms with E-state index in [4.69, 9.17) is 0 Å². The van der Waals surface area contributed by atoms with Gasteiger partial charge in [0.15, 0.2) is 0 Å². The first-order valence-electron chi connectivity index (χ1n) is 13.9. The highest BCUT2D eigenvalue weighted by Gasteiger charge is 2.29. The molecule has 2 fully saturated rings. The van der Waals surface area contributed by atoms with Gasteiger partial charge >= 0.3 is 0 Å². The van der Waals surface area contributed by atoms with E-state index in [0.717, 1.165) is 54.3 Å². The Labute approximate surface area is 223 Å². The molecular weight excluding hydrogens is 474 g/mol. The molecule has 2 aliphatic heterocycles. The number of nitrogens with one attached hydrogen (secondary N) is 1. The van der Waals surface area contributed by atoms with E-state index in [1.807, 2.05) is 65.7 Å². The fourth-order valence-electron chi connectivity index (χ4n) is 6.03. The molecule has 2 amide bonds. The molecule has 0 unspecified atom stereocenters. The predicted molar refractivity (Wildman–Crippen MR) is 151 cm³/mol. The highest BCUT2D eigenvalue weighted by molar-refractivity contribution is 6.13. The second kappa shape index (κ2) is 11.0. The maximum Gasteiger partial charge on any atom is 0.258 e. The molecule has 38 heavy (non-hydrogen) atoms. The molecule has 2 saturated heterocycles. The number of fused-ring (bicyclic) bond motifs is 2. The summed E-state index contributed by atoms with van der Waals surface area (Å²) >= 11 is 0. The molecule has 4 aromatic rings. The number of anilines is 1. The van der Waals surface area contributed by atoms with Gasteiger partial charge in [0.05, 0.1) is 11.2 Å². The molecule has 1 N–H and O–H groups in total. The van der Waals surface area contributed by atoms with Crippen LogP contribution in [0.15, 0.2) is 67.0 Å². The molecule has 0 aliphatic carbocycles. The number of nitrogens with zero attached hydrogens (tertiary/aromatic N) is 4. The van der Waals surface area contributed by atoms with Crippen molar-refractivity contribution >= 4 is 39.3 Å². The van der Waals surface area contributed by atoms with Crippen LogP contribution in [0.5, 0.6) is 0 Å². The zero-order valence-corrected chi connectivity index (χ0v) is 21.8. The lowest BCUT2D eigenvalue weighted by molar-refractivity contribution is -0.131. The molecule has 7 heteroatoms. The molecule has 6 rings (SSSR count). The monoisotopic (exact) mass is 509 g/mol. The van der Waals surface area contributed by atoms with Gasteiger partial charge in [-0.05, 0) is 80.4 Å². The van der Waals surface area contributed by atoms with Crippen LogP contribution in [-0.4, -0.2) is 70.9 Å². The Balaban J connectivity index is 1.22. The number of H-pyrrole nitrogens is 1. The summed E-state index contributed by atoms with van der Waals surface area (Å²) in [5.41, 5.74) is 2.96. The van der Waals surface area contributed by atoms with Crippen molar-refractivity contribution in [3.05, 3.63) is 72.6 Å². The number of rotatable bonds is 6. The number of aromatic amines is 1. The lowest BCUT2D eigenvalue weighted by Gasteiger charge is -2.37. The summed E-state index contributed by atoms with van der Waals surface area (Å²) in [4.78, 5) is 41.4. The van der Waals surface area contributed by atoms with Crippen LogP contribution >= 0.6 is 0 Å². The number of para-hydroxylation sites is 1. The number of likely N-dealkylation sites (tertiary alicyclic amines) is 2. The van der Waals surface area contributed by atoms with Crippen molar-refractivity contribution in [1.29, 1.82) is 0 Å². The van der Waals surface area contributed by atoms with E-state index in [1.165, 1.54) is 32.4 Å². The zero-order valence-electron chi connectivity index (χ0n) is 21.8. The van der Waals surface area contributed by atoms with Crippen molar-refractivity contribution in [2.24, 2.45) is 5.92 Å². The van der Waals surface area contributed by atoms with Crippen LogP contribution in [0.2, 0.25) is 0 Å². The fraction of sp³-hybridized carbons (Fsp3) is 0.387. The third-order valence-corrected chi connectivity index (χ3v) is 8.19. The van der Waals surface area contributed by atoms with Crippen molar-refractivity contribution in [3.63, 3.8) is 0 Å². The van der Waals surface area contributed by atoms with E-state index in [0.29, 0.717) is 17.2 Å². The summed E-state index contributed by atoms with van der Waals surface area (Å²) in [5.74, 6) is 0.453. The SMILES string of the molecule is O=C(CN(C(=O)c1ccc2cc[nH]c2c1)c1ccnc2ccccc12)N1CCC(CN2CCCCC2)CC1. The third kappa shape index (κ3) is 5.16. The minimum Gasteiger partial charge on any atom is -0.361 e. The van der Waals surface area contributed by atoms with Crippen LogP contribution in [0.25, 0.3) is 21.8 Å². The number of pyridine rings is 1. The number of carbonyl (C=O) groups excluding carboxylic acids is 2. The normalized spacial score (nSPS) is 17.2. The summed E-state index contributed by atoms with van der Waals surface area (Å²) in [5, 5.41) is 1.91. The topological polar surface area (TPSA) is 72.5 Å². The number of piperidine rings is 2. The first-order valence-corrected chi connectivity index (χ1v) is 13.9. The molecule has 0 radical (unpaired) electrons. The van der Waals surface area contributed by atoms with E-state index in [-0.39, 0.29) is 18.4 Å². The molecule has 2 aromatic carbocycles. The number of carbonyl (C=O) groups is 2. The van der Waals surface area contributed by atoms with Gasteiger partial charge in [-0.25, -0.2) is 0 Å². The van der Waals surface area contributed by atoms with Crippen LogP contribution in [0.4, 0.5) is 5.69 Å². The Bertz CT molecular complexity index is 1430. The maximum atomic E-state index is 14.0. The van der Waals surface area contributed by atoms with Crippen LogP contribution in [0, 0.1) is 5.92 Å². The van der Waals surface area contributed by atoms with Gasteiger partial charge in [0.2, 0.25) is 5.91 Å². The minimum atomic E-state index is -0.189. The second-order valence-corrected chi connectivity index (χ2v) is 10.7. The molecule has 0 atom stereocenters. The summed E-state index contributed by atoms with van der Waals surface area (Å²) in [6.07, 6.45) is 9.59. The van der Waals surface area contributed by atoms with Crippen molar-refractivity contribution in [2.75, 3.05) is 44.2 Å². The number of hydrogen-bond acceptors (Lipinski definition) is 4. The quantitative estimate of drug-likeness (QED) is 0.393. The number of hydrogen-bond donors (Lipinski definition) is 1. The van der Waals surface area contributed by atoms with Crippen LogP contribution < -0.4 is 4.90 Å². The van der Waals surface area contributed by atoms with Gasteiger partial charge in [0.25, 0.3) is 5.91 Å². The summed E-state index contributed by atoms with van der Waals surface area (Å²) < 4.78 is 0. The van der Waals surface area contributed by atoms with E-state index in [2.05, 4.69) is 14.9 Å². The van der Waals surface area contributed by atoms with Gasteiger partial charge in [-0.15, -0.1) is 0 Å². The molecule has 2 aromatic heterocycles. The Hall–Kier alpha value is -3.71. The second-order valence-electron chi connectivity index (χ2n) is 10.7. The third-order valence-electron chi connectivity index (χ3n) is 8.19. The molecule has 4 heterocycles. The number of amides is 2. The maximum absolute atomic E-state index is 14.0. The lowest BCUT2D eigenvalue weighted by Crippen LogP contribution is -2.47. The van der Waals surface area contributed by atoms with Gasteiger partial charge in [0.1, 0.15) is 6.54 Å². The lowest BCUT2D eigenvalue weighted by atomic mass is 9.95. The van der Waals surface area contributed by atoms with Crippen LogP contribution in [0.3, 0.4) is 0 Å². The largest absolute Gasteiger partial charge is 0.361 e. The van der Waals surface area contributed by atoms with Crippen molar-refractivity contribution in [1.82, 2.24) is 19.8 Å². The minimum absolute atomic E-state index is 0.00313. The average molecular weight is 510 g/mol. The van der Waals surface area contributed by atoms with Crippen LogP contribution in [0.1, 0.15) is 42.5 Å². The summed E-state index contributed by atoms with van der Waals surface area (Å²) in [6, 6.07) is 17.2. The molecular formula is C31H35N5O2. The van der Waals surface area contributed by atoms with E-state index < -0.39 is 0 Å². The van der Waals surface area contributed by atoms with E-state index in [1.54, 1.807) is 11.1 Å². The Morgan fingerprint density at radius 1 is 0.947 bits per heavy atom. The van der Waals surface area contributed by atoms with Gasteiger partial charge in [0, 0.05) is 48.5 Å². The molecule has 0 saturated carbocycles. The molecule has 7 nitrogen and oxygen atoms in total. The summed E-state index contributed by atoms with van der Waals surface area (Å²) in [7, 11) is 0. The first-order chi connectivity index (χ1) is 18.7. The standard InChI is InChI=1S/C31H35N5O2/c37-30(35-18-12-23(13-19-35)21-34-16-4-1-5-17-34)22-36(29-11-15-32-27-7-3-2-6-26(27)29)31(38)25-9-8-24-10-14-33-28(24)20-25/h2-3,6-11,14-15,20,23,33H,1,4-5,12-13,16-19,21-22H2. The molecule has 0 spiro atoms. The Kier molecular flexibility index (Phi) is 7.10. The van der Waals surface area contributed by atoms with Gasteiger partial charge in [-0.2, -0.15) is 0 Å². The molecule has 0 bridgehead atoms. The van der Waals surface area contributed by atoms with Crippen molar-refractivity contribution < 1.29 is 9.59 Å². The molecule has 2 aliphatic rings. The predicted octanol–water partition coefficient (Wildman–Crippen LogP) is 5.09. The van der Waals surface area contributed by atoms with Crippen LogP contribution in [-0.2, 0) is 4.79 Å². The number of aromatic nitrogens is 2. The van der Waals surface area contributed by atoms with Crippen molar-refractivity contribution in [3.8, 4) is 0 Å². The van der Waals surface area contributed by atoms with Gasteiger partial charge in [-0.1, -0.05) is 30.7 Å². The first kappa shape index (κ1) is 24.6. The summed E-state index contributed by atoms with van der Waals surface area (Å²) in [6.45, 7) is 5.09. The highest BCUT2D eigenvalue weighted by Crippen LogP contribution is 2.28. The average Bonchev–Trinajstić information content (AvgIpc) is 3.44. The van der Waals surface area contributed by atoms with E-state index in [9.17, 15) is 9.59 Å². The van der Waals surface area contributed by atoms with E-state index >= 15 is 0 Å². The number of benzene rings is 2. The zero-order chi connectivity index (χ0) is 25.9. The molecule has 196 valence electrons. The van der Waals surface area contributed by atoms with Gasteiger partial charge < -0.3 is 14.8 Å². The highest BCUT2D eigenvalue weighted by atomic mass is 16.2. The van der Waals surface area contributed by atoms with Gasteiger partial charge in [-0.3, -0.25) is 19.5 Å². The van der Waals surface area contributed by atoms with Crippen molar-refractivity contribution in [2.45, 2.75) is 32.1 Å². The Morgan fingerprint density at radius 3 is 2.61 bits per heavy atom. The Morgan fingerprint density at radius 2 is 1.76 bits per heavy atom.